The third-order valence-electron chi connectivity index (χ3n) is 13.1. The van der Waals surface area contributed by atoms with E-state index in [0.717, 1.165) is 31.1 Å². The zero-order valence-corrected chi connectivity index (χ0v) is 33.4. The van der Waals surface area contributed by atoms with Crippen molar-refractivity contribution in [2.24, 2.45) is 0 Å². The van der Waals surface area contributed by atoms with Crippen molar-refractivity contribution in [1.29, 1.82) is 5.26 Å². The minimum Gasteiger partial charge on any atom is -0.633 e. The summed E-state index contributed by atoms with van der Waals surface area (Å²) < 4.78 is 33.5. The van der Waals surface area contributed by atoms with E-state index in [2.05, 4.69) is 26.7 Å². The standard InChI is InChI=1S/C43H46F2N10O5/c1-43(2,59)33-19-36-26(16-37(33)48-42(58)38-9-5-28-15-25(20-46)21-47-54(28)38)22-53(50-36)27-3-6-31(7-4-27)55(60)13-11-51(12-14-55)30-23-52(24-30)29-17-34(44)40(35(45)18-29)32-8-10-39(56)49-41(32)57/h5,9,15-19,21-22,27,30-32,59H,3-4,6-8,10-14,23-24H2,1-2H3,(H,48,58)(H,49,56,57)/t27?,31?,32-/m1/s1. The maximum atomic E-state index is 15.2. The van der Waals surface area contributed by atoms with Crippen molar-refractivity contribution in [1.82, 2.24) is 29.6 Å². The Kier molecular flexibility index (Phi) is 9.93. The van der Waals surface area contributed by atoms with E-state index < -0.39 is 40.9 Å². The lowest BCUT2D eigenvalue weighted by molar-refractivity contribution is -0.911. The first-order valence-corrected chi connectivity index (χ1v) is 20.5. The van der Waals surface area contributed by atoms with Crippen LogP contribution in [0.15, 0.2) is 54.9 Å². The number of nitrogens with one attached hydrogen (secondary N) is 2. The molecule has 3 amide bonds. The Labute approximate surface area is 344 Å². The van der Waals surface area contributed by atoms with Gasteiger partial charge in [-0.15, -0.1) is 0 Å². The summed E-state index contributed by atoms with van der Waals surface area (Å²) in [4.78, 5) is 41.5. The number of imide groups is 1. The van der Waals surface area contributed by atoms with Gasteiger partial charge in [-0.1, -0.05) is 0 Å². The number of piperidine rings is 1. The van der Waals surface area contributed by atoms with Crippen molar-refractivity contribution >= 4 is 45.5 Å². The van der Waals surface area contributed by atoms with Crippen LogP contribution in [0.2, 0.25) is 0 Å². The molecule has 1 aliphatic carbocycles. The number of piperazine rings is 1. The van der Waals surface area contributed by atoms with Gasteiger partial charge in [-0.2, -0.15) is 15.5 Å². The van der Waals surface area contributed by atoms with E-state index in [4.69, 9.17) is 5.10 Å². The number of halogens is 2. The number of fused-ring (bicyclic) bond motifs is 2. The highest BCUT2D eigenvalue weighted by molar-refractivity contribution is 6.05. The second-order valence-electron chi connectivity index (χ2n) is 17.3. The van der Waals surface area contributed by atoms with Crippen LogP contribution in [0.5, 0.6) is 0 Å². The van der Waals surface area contributed by atoms with Gasteiger partial charge in [0.05, 0.1) is 59.5 Å². The zero-order valence-electron chi connectivity index (χ0n) is 33.4. The van der Waals surface area contributed by atoms with Crippen LogP contribution in [0, 0.1) is 28.2 Å². The summed E-state index contributed by atoms with van der Waals surface area (Å²) in [6.45, 7) is 6.71. The summed E-state index contributed by atoms with van der Waals surface area (Å²) in [7, 11) is 0. The number of carbonyl (C=O) groups is 3. The number of aromatic nitrogens is 4. The van der Waals surface area contributed by atoms with E-state index >= 15 is 8.78 Å². The molecule has 3 aliphatic heterocycles. The molecule has 1 saturated carbocycles. The predicted octanol–water partition coefficient (Wildman–Crippen LogP) is 4.84. The first-order valence-electron chi connectivity index (χ1n) is 20.5. The minimum absolute atomic E-state index is 0.0187. The molecule has 1 atom stereocenters. The quantitative estimate of drug-likeness (QED) is 0.111. The van der Waals surface area contributed by atoms with Gasteiger partial charge in [-0.3, -0.25) is 29.3 Å². The first-order chi connectivity index (χ1) is 28.7. The number of carbonyl (C=O) groups excluding carboxylic acids is 3. The number of benzene rings is 2. The maximum absolute atomic E-state index is 15.2. The predicted molar refractivity (Wildman–Crippen MR) is 217 cm³/mol. The Balaban J connectivity index is 0.801. The number of hydrogen-bond donors (Lipinski definition) is 3. The molecule has 9 rings (SSSR count). The Morgan fingerprint density at radius 3 is 2.40 bits per heavy atom. The van der Waals surface area contributed by atoms with E-state index in [1.165, 1.54) is 22.8 Å². The number of nitriles is 1. The highest BCUT2D eigenvalue weighted by Gasteiger charge is 2.41. The smallest absolute Gasteiger partial charge is 0.274 e. The monoisotopic (exact) mass is 820 g/mol. The van der Waals surface area contributed by atoms with E-state index in [1.807, 2.05) is 21.8 Å². The van der Waals surface area contributed by atoms with Gasteiger partial charge in [0, 0.05) is 85.6 Å². The molecule has 6 heterocycles. The number of nitrogens with zero attached hydrogens (tertiary/aromatic N) is 8. The molecule has 0 spiro atoms. The number of hydroxylamine groups is 3. The topological polar surface area (TPSA) is 184 Å². The van der Waals surface area contributed by atoms with Crippen molar-refractivity contribution < 1.29 is 32.9 Å². The van der Waals surface area contributed by atoms with Gasteiger partial charge in [-0.05, 0) is 75.6 Å². The first kappa shape index (κ1) is 39.6. The lowest BCUT2D eigenvalue weighted by atomic mass is 9.89. The Bertz CT molecular complexity index is 2550. The molecular formula is C43H46F2N10O5. The highest BCUT2D eigenvalue weighted by Crippen LogP contribution is 2.39. The molecule has 5 aromatic rings. The van der Waals surface area contributed by atoms with Gasteiger partial charge in [0.1, 0.15) is 23.4 Å². The van der Waals surface area contributed by atoms with Crippen molar-refractivity contribution in [2.75, 3.05) is 49.5 Å². The summed E-state index contributed by atoms with van der Waals surface area (Å²) in [5.41, 5.74) is 1.73. The third-order valence-corrected chi connectivity index (χ3v) is 13.1. The van der Waals surface area contributed by atoms with Gasteiger partial charge in [0.15, 0.2) is 0 Å². The fourth-order valence-corrected chi connectivity index (χ4v) is 9.60. The molecule has 17 heteroatoms. The average Bonchev–Trinajstić information content (AvgIpc) is 3.82. The maximum Gasteiger partial charge on any atom is 0.274 e. The molecule has 3 aromatic heterocycles. The van der Waals surface area contributed by atoms with E-state index in [-0.39, 0.29) is 46.9 Å². The summed E-state index contributed by atoms with van der Waals surface area (Å²) >= 11 is 0. The van der Waals surface area contributed by atoms with Crippen LogP contribution in [0.4, 0.5) is 20.2 Å². The van der Waals surface area contributed by atoms with Crippen LogP contribution in [0.3, 0.4) is 0 Å². The van der Waals surface area contributed by atoms with Crippen molar-refractivity contribution in [3.05, 3.63) is 94.1 Å². The van der Waals surface area contributed by atoms with Crippen LogP contribution < -0.4 is 15.5 Å². The molecule has 312 valence electrons. The third kappa shape index (κ3) is 7.27. The van der Waals surface area contributed by atoms with E-state index in [9.17, 15) is 30.0 Å². The number of hydrogen-bond acceptors (Lipinski definition) is 10. The normalized spacial score (nSPS) is 22.8. The van der Waals surface area contributed by atoms with Crippen LogP contribution in [-0.4, -0.2) is 103 Å². The molecule has 2 aromatic carbocycles. The van der Waals surface area contributed by atoms with Gasteiger partial charge in [-0.25, -0.2) is 13.3 Å². The summed E-state index contributed by atoms with van der Waals surface area (Å²) in [5, 5.41) is 49.6. The van der Waals surface area contributed by atoms with Crippen molar-refractivity contribution in [3.8, 4) is 6.07 Å². The summed E-state index contributed by atoms with van der Waals surface area (Å²) in [5.74, 6) is -4.16. The minimum atomic E-state index is -1.29. The largest absolute Gasteiger partial charge is 0.633 e. The van der Waals surface area contributed by atoms with Crippen molar-refractivity contribution in [3.63, 3.8) is 0 Å². The average molecular weight is 821 g/mol. The van der Waals surface area contributed by atoms with Crippen LogP contribution in [0.1, 0.15) is 91.5 Å². The molecule has 0 unspecified atom stereocenters. The van der Waals surface area contributed by atoms with Crippen molar-refractivity contribution in [2.45, 2.75) is 82.0 Å². The second kappa shape index (κ2) is 15.0. The number of quaternary nitrogens is 1. The van der Waals surface area contributed by atoms with Crippen LogP contribution in [0.25, 0.3) is 16.4 Å². The van der Waals surface area contributed by atoms with Gasteiger partial charge in [0.25, 0.3) is 5.91 Å². The lowest BCUT2D eigenvalue weighted by Gasteiger charge is -2.57. The van der Waals surface area contributed by atoms with Gasteiger partial charge < -0.3 is 25.2 Å². The second-order valence-corrected chi connectivity index (χ2v) is 17.3. The molecule has 60 heavy (non-hydrogen) atoms. The van der Waals surface area contributed by atoms with E-state index in [1.54, 1.807) is 38.1 Å². The number of aliphatic hydroxyl groups is 1. The highest BCUT2D eigenvalue weighted by atomic mass is 19.1. The molecular weight excluding hydrogens is 775 g/mol. The van der Waals surface area contributed by atoms with Gasteiger partial charge >= 0.3 is 0 Å². The summed E-state index contributed by atoms with van der Waals surface area (Å²) in [6.07, 6.45) is 6.57. The Hall–Kier alpha value is -5.80. The molecule has 15 nitrogen and oxygen atoms in total. The molecule has 0 radical (unpaired) electrons. The Morgan fingerprint density at radius 2 is 1.73 bits per heavy atom. The van der Waals surface area contributed by atoms with Crippen LogP contribution in [-0.2, 0) is 15.2 Å². The molecule has 0 bridgehead atoms. The fourth-order valence-electron chi connectivity index (χ4n) is 9.60. The SMILES string of the molecule is CC(C)(O)c1cc2nn(C3CCC([N+]4([O-])CCN(C5CN(c6cc(F)c([C@H]7CCC(=O)NC7=O)c(F)c6)C5)CC4)CC3)cc2cc1NC(=O)c1ccc2cc(C#N)cnn12. The molecule has 3 N–H and O–H groups in total. The Morgan fingerprint density at radius 1 is 1.02 bits per heavy atom. The zero-order chi connectivity index (χ0) is 42.1. The van der Waals surface area contributed by atoms with Crippen LogP contribution >= 0.6 is 0 Å². The molecule has 4 fully saturated rings. The van der Waals surface area contributed by atoms with Gasteiger partial charge in [0.2, 0.25) is 11.8 Å². The fraction of sp³-hybridized carbons (Fsp3) is 0.442. The molecule has 4 aliphatic rings. The number of amides is 3. The number of rotatable bonds is 8. The lowest BCUT2D eigenvalue weighted by Crippen LogP contribution is -2.67. The number of anilines is 2. The summed E-state index contributed by atoms with van der Waals surface area (Å²) in [6, 6.07) is 13.4. The van der Waals surface area contributed by atoms with E-state index in [0.29, 0.717) is 72.8 Å². The molecule has 3 saturated heterocycles.